The van der Waals surface area contributed by atoms with Crippen molar-refractivity contribution in [2.45, 2.75) is 65.5 Å². The van der Waals surface area contributed by atoms with Crippen molar-refractivity contribution in [3.63, 3.8) is 0 Å². The molecule has 2 rings (SSSR count). The third kappa shape index (κ3) is 2.49. The van der Waals surface area contributed by atoms with Gasteiger partial charge in [0.2, 0.25) is 0 Å². The highest BCUT2D eigenvalue weighted by molar-refractivity contribution is 5.90. The molecular weight excluding hydrogens is 212 g/mol. The molecule has 0 aromatic heterocycles. The monoisotopic (exact) mass is 238 g/mol. The molecule has 1 unspecified atom stereocenters. The number of oxime groups is 1. The average molecular weight is 238 g/mol. The molecule has 1 spiro atoms. The highest BCUT2D eigenvalue weighted by Crippen LogP contribution is 2.39. The van der Waals surface area contributed by atoms with Crippen LogP contribution >= 0.6 is 0 Å². The summed E-state index contributed by atoms with van der Waals surface area (Å²) in [6.45, 7) is 15.6. The van der Waals surface area contributed by atoms with E-state index in [4.69, 9.17) is 4.84 Å². The molecule has 2 aliphatic rings. The fourth-order valence-electron chi connectivity index (χ4n) is 2.56. The van der Waals surface area contributed by atoms with Crippen molar-refractivity contribution in [2.75, 3.05) is 13.1 Å². The van der Waals surface area contributed by atoms with Gasteiger partial charge in [0, 0.05) is 36.9 Å². The van der Waals surface area contributed by atoms with E-state index in [1.165, 1.54) is 5.71 Å². The molecule has 1 saturated heterocycles. The summed E-state index contributed by atoms with van der Waals surface area (Å²) in [4.78, 5) is 8.32. The van der Waals surface area contributed by atoms with Crippen molar-refractivity contribution in [1.29, 1.82) is 0 Å². The molecule has 3 nitrogen and oxygen atoms in total. The maximum absolute atomic E-state index is 5.81. The van der Waals surface area contributed by atoms with Gasteiger partial charge in [-0.3, -0.25) is 4.90 Å². The van der Waals surface area contributed by atoms with Gasteiger partial charge in [0.05, 0.1) is 5.71 Å². The van der Waals surface area contributed by atoms with Gasteiger partial charge in [0.15, 0.2) is 5.60 Å². The quantitative estimate of drug-likeness (QED) is 0.648. The second-order valence-corrected chi connectivity index (χ2v) is 7.58. The highest BCUT2D eigenvalue weighted by atomic mass is 16.7. The van der Waals surface area contributed by atoms with Crippen molar-refractivity contribution in [2.24, 2.45) is 10.6 Å². The van der Waals surface area contributed by atoms with Gasteiger partial charge < -0.3 is 4.84 Å². The molecule has 2 heterocycles. The van der Waals surface area contributed by atoms with Crippen LogP contribution in [0.4, 0.5) is 0 Å². The molecule has 0 N–H and O–H groups in total. The summed E-state index contributed by atoms with van der Waals surface area (Å²) < 4.78 is 0. The molecule has 0 aromatic carbocycles. The van der Waals surface area contributed by atoms with Crippen molar-refractivity contribution >= 4 is 5.71 Å². The first-order chi connectivity index (χ1) is 7.62. The Kier molecular flexibility index (Phi) is 2.81. The smallest absolute Gasteiger partial charge is 0.156 e. The summed E-state index contributed by atoms with van der Waals surface area (Å²) in [5.41, 5.74) is 1.56. The van der Waals surface area contributed by atoms with E-state index in [2.05, 4.69) is 51.6 Å². The van der Waals surface area contributed by atoms with Crippen molar-refractivity contribution < 1.29 is 4.84 Å². The van der Waals surface area contributed by atoms with Crippen LogP contribution in [0.5, 0.6) is 0 Å². The molecule has 1 atom stereocenters. The van der Waals surface area contributed by atoms with Gasteiger partial charge in [-0.2, -0.15) is 0 Å². The highest BCUT2D eigenvalue weighted by Gasteiger charge is 2.48. The summed E-state index contributed by atoms with van der Waals surface area (Å²) in [7, 11) is 0. The lowest BCUT2D eigenvalue weighted by Crippen LogP contribution is -2.43. The van der Waals surface area contributed by atoms with Crippen LogP contribution in [0.1, 0.15) is 54.4 Å². The summed E-state index contributed by atoms with van der Waals surface area (Å²) in [5, 5.41) is 4.35. The maximum atomic E-state index is 5.81. The predicted molar refractivity (Wildman–Crippen MR) is 71.3 cm³/mol. The lowest BCUT2D eigenvalue weighted by Gasteiger charge is -2.32. The SMILES string of the molecule is CC(C)(C)C1=NOC2(CCN(C(C)(C)C)C2)C1. The summed E-state index contributed by atoms with van der Waals surface area (Å²) >= 11 is 0. The largest absolute Gasteiger partial charge is 0.387 e. The zero-order valence-electron chi connectivity index (χ0n) is 12.1. The van der Waals surface area contributed by atoms with E-state index in [0.717, 1.165) is 25.9 Å². The molecule has 17 heavy (non-hydrogen) atoms. The van der Waals surface area contributed by atoms with Crippen LogP contribution in [0.25, 0.3) is 0 Å². The van der Waals surface area contributed by atoms with Crippen LogP contribution in [0.15, 0.2) is 5.16 Å². The Labute approximate surface area is 105 Å². The Hall–Kier alpha value is -0.570. The molecule has 0 amide bonds. The van der Waals surface area contributed by atoms with Crippen LogP contribution in [0.2, 0.25) is 0 Å². The first kappa shape index (κ1) is 12.9. The van der Waals surface area contributed by atoms with Gasteiger partial charge in [-0.1, -0.05) is 25.9 Å². The van der Waals surface area contributed by atoms with E-state index in [1.54, 1.807) is 0 Å². The van der Waals surface area contributed by atoms with Gasteiger partial charge >= 0.3 is 0 Å². The maximum Gasteiger partial charge on any atom is 0.156 e. The molecule has 0 aliphatic carbocycles. The minimum atomic E-state index is -0.0319. The molecule has 2 aliphatic heterocycles. The van der Waals surface area contributed by atoms with Gasteiger partial charge in [0.1, 0.15) is 0 Å². The van der Waals surface area contributed by atoms with Gasteiger partial charge in [0.25, 0.3) is 0 Å². The molecule has 0 bridgehead atoms. The van der Waals surface area contributed by atoms with Crippen LogP contribution < -0.4 is 0 Å². The molecule has 98 valence electrons. The van der Waals surface area contributed by atoms with Gasteiger partial charge in [-0.25, -0.2) is 0 Å². The minimum Gasteiger partial charge on any atom is -0.387 e. The molecule has 1 fully saturated rings. The summed E-state index contributed by atoms with van der Waals surface area (Å²) in [6.07, 6.45) is 2.11. The molecule has 0 saturated carbocycles. The Bertz CT molecular complexity index is 335. The standard InChI is InChI=1S/C14H26N2O/c1-12(2,3)11-9-14(17-15-11)7-8-16(10-14)13(4,5)6/h7-10H2,1-6H3. The molecule has 0 aromatic rings. The summed E-state index contributed by atoms with van der Waals surface area (Å²) in [5.74, 6) is 0. The Morgan fingerprint density at radius 2 is 1.82 bits per heavy atom. The number of rotatable bonds is 0. The second-order valence-electron chi connectivity index (χ2n) is 7.58. The zero-order valence-corrected chi connectivity index (χ0v) is 12.1. The van der Waals surface area contributed by atoms with E-state index in [9.17, 15) is 0 Å². The third-order valence-corrected chi connectivity index (χ3v) is 3.97. The lowest BCUT2D eigenvalue weighted by atomic mass is 9.83. The summed E-state index contributed by atoms with van der Waals surface area (Å²) in [6, 6.07) is 0. The normalized spacial score (nSPS) is 30.8. The van der Waals surface area contributed by atoms with E-state index in [0.29, 0.717) is 0 Å². The Morgan fingerprint density at radius 3 is 2.24 bits per heavy atom. The lowest BCUT2D eigenvalue weighted by molar-refractivity contribution is -0.0167. The molecule has 3 heteroatoms. The topological polar surface area (TPSA) is 24.8 Å². The predicted octanol–water partition coefficient (Wildman–Crippen LogP) is 3.05. The Balaban J connectivity index is 2.04. The third-order valence-electron chi connectivity index (χ3n) is 3.97. The van der Waals surface area contributed by atoms with Crippen LogP contribution in [-0.2, 0) is 4.84 Å². The van der Waals surface area contributed by atoms with Crippen LogP contribution in [-0.4, -0.2) is 34.8 Å². The average Bonchev–Trinajstić information content (AvgIpc) is 2.72. The van der Waals surface area contributed by atoms with Crippen LogP contribution in [0.3, 0.4) is 0 Å². The number of hydrogen-bond donors (Lipinski definition) is 0. The van der Waals surface area contributed by atoms with E-state index < -0.39 is 0 Å². The fraction of sp³-hybridized carbons (Fsp3) is 0.929. The number of likely N-dealkylation sites (tertiary alicyclic amines) is 1. The van der Waals surface area contributed by atoms with Gasteiger partial charge in [-0.05, 0) is 20.8 Å². The Morgan fingerprint density at radius 1 is 1.18 bits per heavy atom. The van der Waals surface area contributed by atoms with Gasteiger partial charge in [-0.15, -0.1) is 0 Å². The minimum absolute atomic E-state index is 0.0319. The second kappa shape index (κ2) is 3.71. The van der Waals surface area contributed by atoms with E-state index in [-0.39, 0.29) is 16.6 Å². The number of nitrogens with zero attached hydrogens (tertiary/aromatic N) is 2. The van der Waals surface area contributed by atoms with Crippen molar-refractivity contribution in [3.05, 3.63) is 0 Å². The first-order valence-corrected chi connectivity index (χ1v) is 6.63. The van der Waals surface area contributed by atoms with E-state index in [1.807, 2.05) is 0 Å². The molecule has 0 radical (unpaired) electrons. The fourth-order valence-corrected chi connectivity index (χ4v) is 2.56. The zero-order chi connectivity index (χ0) is 12.9. The van der Waals surface area contributed by atoms with E-state index >= 15 is 0 Å². The molecular formula is C14H26N2O. The number of hydrogen-bond acceptors (Lipinski definition) is 3. The van der Waals surface area contributed by atoms with Crippen molar-refractivity contribution in [3.8, 4) is 0 Å². The van der Waals surface area contributed by atoms with Crippen molar-refractivity contribution in [1.82, 2.24) is 4.90 Å². The first-order valence-electron chi connectivity index (χ1n) is 6.63. The van der Waals surface area contributed by atoms with Crippen LogP contribution in [0, 0.1) is 5.41 Å².